The molecular formula is C20H26N6O3S. The molecule has 0 atom stereocenters. The van der Waals surface area contributed by atoms with Crippen LogP contribution in [-0.2, 0) is 36.5 Å². The van der Waals surface area contributed by atoms with Crippen LogP contribution in [0.4, 0.5) is 0 Å². The maximum absolute atomic E-state index is 11.4. The zero-order valence-electron chi connectivity index (χ0n) is 16.8. The van der Waals surface area contributed by atoms with Crippen LogP contribution < -0.4 is 15.8 Å². The molecule has 0 aliphatic heterocycles. The smallest absolute Gasteiger partial charge is 0.238 e. The van der Waals surface area contributed by atoms with Gasteiger partial charge in [-0.2, -0.15) is 5.10 Å². The summed E-state index contributed by atoms with van der Waals surface area (Å²) in [6, 6.07) is 12.2. The highest BCUT2D eigenvalue weighted by atomic mass is 32.2. The van der Waals surface area contributed by atoms with E-state index in [2.05, 4.69) is 20.7 Å². The SMILES string of the molecule is Cn1nccc1CCNC(=NCc1ccc(S(N)(=O)=O)cc1)NCCc1ccco1. The van der Waals surface area contributed by atoms with E-state index in [0.717, 1.165) is 29.9 Å². The second-order valence-electron chi connectivity index (χ2n) is 6.73. The van der Waals surface area contributed by atoms with Crippen LogP contribution in [-0.4, -0.2) is 37.2 Å². The van der Waals surface area contributed by atoms with Crippen LogP contribution in [0, 0.1) is 0 Å². The van der Waals surface area contributed by atoms with Crippen molar-refractivity contribution in [2.45, 2.75) is 24.3 Å². The van der Waals surface area contributed by atoms with Crippen LogP contribution in [0.25, 0.3) is 0 Å². The Balaban J connectivity index is 1.60. The number of benzene rings is 1. The molecule has 0 aliphatic rings. The number of sulfonamides is 1. The number of furan rings is 1. The van der Waals surface area contributed by atoms with E-state index in [4.69, 9.17) is 9.56 Å². The normalized spacial score (nSPS) is 12.1. The lowest BCUT2D eigenvalue weighted by molar-refractivity contribution is 0.506. The van der Waals surface area contributed by atoms with E-state index in [1.807, 2.05) is 29.9 Å². The van der Waals surface area contributed by atoms with Gasteiger partial charge in [0.2, 0.25) is 10.0 Å². The predicted molar refractivity (Wildman–Crippen MR) is 114 cm³/mol. The molecule has 2 aromatic heterocycles. The number of guanidine groups is 1. The molecule has 0 bridgehead atoms. The van der Waals surface area contributed by atoms with E-state index in [-0.39, 0.29) is 4.90 Å². The second-order valence-corrected chi connectivity index (χ2v) is 8.29. The molecule has 3 rings (SSSR count). The van der Waals surface area contributed by atoms with Gasteiger partial charge in [0.25, 0.3) is 0 Å². The molecule has 0 unspecified atom stereocenters. The maximum Gasteiger partial charge on any atom is 0.238 e. The van der Waals surface area contributed by atoms with Gasteiger partial charge in [-0.05, 0) is 35.9 Å². The summed E-state index contributed by atoms with van der Waals surface area (Å²) < 4.78 is 30.0. The van der Waals surface area contributed by atoms with Gasteiger partial charge in [-0.3, -0.25) is 4.68 Å². The summed E-state index contributed by atoms with van der Waals surface area (Å²) in [5.41, 5.74) is 2.00. The molecule has 0 saturated carbocycles. The third kappa shape index (κ3) is 6.46. The van der Waals surface area contributed by atoms with E-state index in [0.29, 0.717) is 25.6 Å². The first-order valence-electron chi connectivity index (χ1n) is 9.55. The molecular weight excluding hydrogens is 404 g/mol. The largest absolute Gasteiger partial charge is 0.469 e. The first-order valence-corrected chi connectivity index (χ1v) is 11.1. The number of nitrogens with zero attached hydrogens (tertiary/aromatic N) is 3. The van der Waals surface area contributed by atoms with Gasteiger partial charge >= 0.3 is 0 Å². The van der Waals surface area contributed by atoms with Crippen LogP contribution in [0.15, 0.2) is 69.2 Å². The van der Waals surface area contributed by atoms with Gasteiger partial charge in [-0.25, -0.2) is 18.5 Å². The van der Waals surface area contributed by atoms with Crippen LogP contribution in [0.3, 0.4) is 0 Å². The van der Waals surface area contributed by atoms with E-state index < -0.39 is 10.0 Å². The lowest BCUT2D eigenvalue weighted by Crippen LogP contribution is -2.39. The molecule has 0 amide bonds. The van der Waals surface area contributed by atoms with Crippen molar-refractivity contribution in [2.75, 3.05) is 13.1 Å². The molecule has 2 heterocycles. The van der Waals surface area contributed by atoms with Crippen molar-refractivity contribution in [1.29, 1.82) is 0 Å². The number of aliphatic imine (C=N–C) groups is 1. The Morgan fingerprint density at radius 2 is 1.87 bits per heavy atom. The number of primary sulfonamides is 1. The van der Waals surface area contributed by atoms with Crippen molar-refractivity contribution in [3.05, 3.63) is 71.9 Å². The van der Waals surface area contributed by atoms with Gasteiger partial charge in [0.15, 0.2) is 5.96 Å². The van der Waals surface area contributed by atoms with Crippen LogP contribution in [0.2, 0.25) is 0 Å². The van der Waals surface area contributed by atoms with E-state index in [9.17, 15) is 8.42 Å². The first kappa shape index (κ1) is 21.6. The molecule has 0 fully saturated rings. The average molecular weight is 431 g/mol. The number of hydrogen-bond acceptors (Lipinski definition) is 5. The summed E-state index contributed by atoms with van der Waals surface area (Å²) in [5.74, 6) is 1.56. The molecule has 0 aliphatic carbocycles. The van der Waals surface area contributed by atoms with Crippen molar-refractivity contribution in [3.8, 4) is 0 Å². The number of nitrogens with one attached hydrogen (secondary N) is 2. The van der Waals surface area contributed by atoms with Gasteiger partial charge in [0.05, 0.1) is 17.7 Å². The van der Waals surface area contributed by atoms with Crippen molar-refractivity contribution in [1.82, 2.24) is 20.4 Å². The molecule has 160 valence electrons. The second kappa shape index (κ2) is 10.1. The van der Waals surface area contributed by atoms with Crippen LogP contribution in [0.5, 0.6) is 0 Å². The van der Waals surface area contributed by atoms with Crippen molar-refractivity contribution >= 4 is 16.0 Å². The monoisotopic (exact) mass is 430 g/mol. The average Bonchev–Trinajstić information content (AvgIpc) is 3.37. The summed E-state index contributed by atoms with van der Waals surface area (Å²) >= 11 is 0. The van der Waals surface area contributed by atoms with E-state index in [1.165, 1.54) is 12.1 Å². The Morgan fingerprint density at radius 3 is 2.47 bits per heavy atom. The number of aromatic nitrogens is 2. The summed E-state index contributed by atoms with van der Waals surface area (Å²) in [4.78, 5) is 4.69. The zero-order valence-corrected chi connectivity index (χ0v) is 17.6. The summed E-state index contributed by atoms with van der Waals surface area (Å²) in [5, 5.41) is 15.9. The Morgan fingerprint density at radius 1 is 1.13 bits per heavy atom. The third-order valence-corrected chi connectivity index (χ3v) is 5.44. The lowest BCUT2D eigenvalue weighted by atomic mass is 10.2. The fourth-order valence-corrected chi connectivity index (χ4v) is 3.36. The molecule has 0 spiro atoms. The first-order chi connectivity index (χ1) is 14.4. The molecule has 9 nitrogen and oxygen atoms in total. The highest BCUT2D eigenvalue weighted by molar-refractivity contribution is 7.89. The maximum atomic E-state index is 11.4. The zero-order chi connectivity index (χ0) is 21.4. The van der Waals surface area contributed by atoms with Gasteiger partial charge in [-0.15, -0.1) is 0 Å². The van der Waals surface area contributed by atoms with Gasteiger partial charge in [0, 0.05) is 44.9 Å². The molecule has 0 saturated heterocycles. The quantitative estimate of drug-likeness (QED) is 0.346. The van der Waals surface area contributed by atoms with Crippen molar-refractivity contribution < 1.29 is 12.8 Å². The van der Waals surface area contributed by atoms with E-state index in [1.54, 1.807) is 24.6 Å². The summed E-state index contributed by atoms with van der Waals surface area (Å²) in [6.07, 6.45) is 4.97. The number of nitrogens with two attached hydrogens (primary N) is 1. The minimum atomic E-state index is -3.70. The topological polar surface area (TPSA) is 128 Å². The van der Waals surface area contributed by atoms with E-state index >= 15 is 0 Å². The Hall–Kier alpha value is -3.11. The van der Waals surface area contributed by atoms with Gasteiger partial charge < -0.3 is 15.1 Å². The van der Waals surface area contributed by atoms with Crippen molar-refractivity contribution in [2.24, 2.45) is 17.2 Å². The lowest BCUT2D eigenvalue weighted by Gasteiger charge is -2.12. The van der Waals surface area contributed by atoms with Crippen LogP contribution in [0.1, 0.15) is 17.0 Å². The van der Waals surface area contributed by atoms with Gasteiger partial charge in [-0.1, -0.05) is 12.1 Å². The Labute approximate surface area is 176 Å². The fourth-order valence-electron chi connectivity index (χ4n) is 2.84. The molecule has 3 aromatic rings. The fraction of sp³-hybridized carbons (Fsp3) is 0.300. The molecule has 4 N–H and O–H groups in total. The van der Waals surface area contributed by atoms with Crippen molar-refractivity contribution in [3.63, 3.8) is 0 Å². The molecule has 1 aromatic carbocycles. The minimum absolute atomic E-state index is 0.0846. The summed E-state index contributed by atoms with van der Waals surface area (Å²) in [7, 11) is -1.78. The third-order valence-electron chi connectivity index (χ3n) is 4.51. The highest BCUT2D eigenvalue weighted by Crippen LogP contribution is 2.09. The minimum Gasteiger partial charge on any atom is -0.469 e. The number of aryl methyl sites for hydroxylation is 1. The Bertz CT molecular complexity index is 1060. The Kier molecular flexibility index (Phi) is 7.26. The predicted octanol–water partition coefficient (Wildman–Crippen LogP) is 1.18. The van der Waals surface area contributed by atoms with Gasteiger partial charge in [0.1, 0.15) is 5.76 Å². The van der Waals surface area contributed by atoms with Crippen LogP contribution >= 0.6 is 0 Å². The highest BCUT2D eigenvalue weighted by Gasteiger charge is 2.07. The standard InChI is InChI=1S/C20H26N6O3S/c1-26-17(9-13-25-26)8-11-22-20(23-12-10-18-3-2-14-29-18)24-15-16-4-6-19(7-5-16)30(21,27)28/h2-7,9,13-14H,8,10-12,15H2,1H3,(H2,21,27,28)(H2,22,23,24). The number of hydrogen-bond donors (Lipinski definition) is 3. The number of rotatable bonds is 9. The molecule has 10 heteroatoms. The molecule has 0 radical (unpaired) electrons. The molecule has 30 heavy (non-hydrogen) atoms. The summed E-state index contributed by atoms with van der Waals surface area (Å²) in [6.45, 7) is 1.75.